The summed E-state index contributed by atoms with van der Waals surface area (Å²) in [5.74, 6) is 0. The van der Waals surface area contributed by atoms with Crippen molar-refractivity contribution in [2.45, 2.75) is 39.0 Å². The number of hydrogen-bond acceptors (Lipinski definition) is 1. The Hall–Kier alpha value is -1.60. The number of rotatable bonds is 7. The smallest absolute Gasteiger partial charge is 0.00367 e. The highest BCUT2D eigenvalue weighted by Gasteiger charge is 1.99. The van der Waals surface area contributed by atoms with Crippen LogP contribution >= 0.6 is 0 Å². The summed E-state index contributed by atoms with van der Waals surface area (Å²) in [5, 5.41) is 0. The van der Waals surface area contributed by atoms with E-state index in [2.05, 4.69) is 55.5 Å². The van der Waals surface area contributed by atoms with Crippen LogP contribution in [0.4, 0.5) is 0 Å². The van der Waals surface area contributed by atoms with Crippen molar-refractivity contribution >= 4 is 0 Å². The van der Waals surface area contributed by atoms with Crippen molar-refractivity contribution in [3.63, 3.8) is 0 Å². The van der Waals surface area contributed by atoms with Crippen molar-refractivity contribution in [2.75, 3.05) is 6.54 Å². The monoisotopic (exact) mass is 267 g/mol. The van der Waals surface area contributed by atoms with E-state index in [1.54, 1.807) is 0 Å². The summed E-state index contributed by atoms with van der Waals surface area (Å²) in [7, 11) is 0. The highest BCUT2D eigenvalue weighted by molar-refractivity contribution is 5.63. The number of unbranched alkanes of at least 4 members (excludes halogenated alkanes) is 2. The van der Waals surface area contributed by atoms with Crippen LogP contribution in [-0.2, 0) is 12.8 Å². The number of benzene rings is 2. The first-order chi connectivity index (χ1) is 9.83. The van der Waals surface area contributed by atoms with Gasteiger partial charge in [0, 0.05) is 0 Å². The van der Waals surface area contributed by atoms with Gasteiger partial charge in [-0.2, -0.15) is 0 Å². The molecule has 0 aliphatic heterocycles. The fraction of sp³-hybridized carbons (Fsp3) is 0.368. The molecular weight excluding hydrogens is 242 g/mol. The molecule has 0 amide bonds. The van der Waals surface area contributed by atoms with E-state index in [1.807, 2.05) is 0 Å². The Bertz CT molecular complexity index is 496. The molecule has 0 aliphatic carbocycles. The normalized spacial score (nSPS) is 10.7. The fourth-order valence-electron chi connectivity index (χ4n) is 2.47. The quantitative estimate of drug-likeness (QED) is 0.730. The SMILES string of the molecule is CCCCCc1ccc(-c2ccc(CCN)cc2)cc1. The zero-order valence-corrected chi connectivity index (χ0v) is 12.4. The van der Waals surface area contributed by atoms with Gasteiger partial charge in [0.15, 0.2) is 0 Å². The van der Waals surface area contributed by atoms with Gasteiger partial charge in [0.05, 0.1) is 0 Å². The lowest BCUT2D eigenvalue weighted by molar-refractivity contribution is 0.717. The second-order valence-electron chi connectivity index (χ2n) is 5.39. The second-order valence-corrected chi connectivity index (χ2v) is 5.39. The van der Waals surface area contributed by atoms with E-state index < -0.39 is 0 Å². The van der Waals surface area contributed by atoms with Crippen LogP contribution in [0.1, 0.15) is 37.3 Å². The molecule has 0 spiro atoms. The summed E-state index contributed by atoms with van der Waals surface area (Å²) < 4.78 is 0. The fourth-order valence-corrected chi connectivity index (χ4v) is 2.47. The Labute approximate surface area is 122 Å². The minimum Gasteiger partial charge on any atom is -0.330 e. The van der Waals surface area contributed by atoms with Crippen LogP contribution in [0.25, 0.3) is 11.1 Å². The van der Waals surface area contributed by atoms with Crippen LogP contribution in [0.2, 0.25) is 0 Å². The van der Waals surface area contributed by atoms with Crippen LogP contribution in [0.15, 0.2) is 48.5 Å². The predicted octanol–water partition coefficient (Wildman–Crippen LogP) is 4.59. The molecule has 0 unspecified atom stereocenters. The van der Waals surface area contributed by atoms with E-state index in [-0.39, 0.29) is 0 Å². The van der Waals surface area contributed by atoms with E-state index in [0.29, 0.717) is 6.54 Å². The number of hydrogen-bond donors (Lipinski definition) is 1. The molecule has 0 atom stereocenters. The number of nitrogens with two attached hydrogens (primary N) is 1. The molecule has 2 aromatic carbocycles. The van der Waals surface area contributed by atoms with Crippen molar-refractivity contribution in [1.82, 2.24) is 0 Å². The van der Waals surface area contributed by atoms with Crippen LogP contribution in [-0.4, -0.2) is 6.54 Å². The Morgan fingerprint density at radius 3 is 1.65 bits per heavy atom. The van der Waals surface area contributed by atoms with E-state index in [1.165, 1.54) is 47.9 Å². The van der Waals surface area contributed by atoms with E-state index in [4.69, 9.17) is 5.73 Å². The van der Waals surface area contributed by atoms with Crippen LogP contribution in [0, 0.1) is 0 Å². The van der Waals surface area contributed by atoms with E-state index in [9.17, 15) is 0 Å². The summed E-state index contributed by atoms with van der Waals surface area (Å²) in [6.45, 7) is 2.96. The molecule has 1 nitrogen and oxygen atoms in total. The zero-order valence-electron chi connectivity index (χ0n) is 12.4. The average Bonchev–Trinajstić information content (AvgIpc) is 2.49. The van der Waals surface area contributed by atoms with Gasteiger partial charge in [-0.15, -0.1) is 0 Å². The summed E-state index contributed by atoms with van der Waals surface area (Å²) in [6, 6.07) is 17.7. The molecule has 0 fully saturated rings. The topological polar surface area (TPSA) is 26.0 Å². The Balaban J connectivity index is 2.01. The predicted molar refractivity (Wildman–Crippen MR) is 87.9 cm³/mol. The molecule has 2 aromatic rings. The van der Waals surface area contributed by atoms with E-state index in [0.717, 1.165) is 6.42 Å². The van der Waals surface area contributed by atoms with Crippen LogP contribution in [0.3, 0.4) is 0 Å². The van der Waals surface area contributed by atoms with Gasteiger partial charge in [-0.3, -0.25) is 0 Å². The molecule has 0 saturated heterocycles. The summed E-state index contributed by atoms with van der Waals surface area (Å²) in [4.78, 5) is 0. The lowest BCUT2D eigenvalue weighted by atomic mass is 10.00. The van der Waals surface area contributed by atoms with Gasteiger partial charge in [-0.05, 0) is 48.1 Å². The Morgan fingerprint density at radius 2 is 1.20 bits per heavy atom. The zero-order chi connectivity index (χ0) is 14.2. The van der Waals surface area contributed by atoms with Crippen LogP contribution in [0.5, 0.6) is 0 Å². The molecule has 0 heterocycles. The van der Waals surface area contributed by atoms with Gasteiger partial charge >= 0.3 is 0 Å². The highest BCUT2D eigenvalue weighted by atomic mass is 14.5. The Morgan fingerprint density at radius 1 is 0.700 bits per heavy atom. The average molecular weight is 267 g/mol. The second kappa shape index (κ2) is 7.86. The molecular formula is C19H25N. The van der Waals surface area contributed by atoms with Crippen molar-refractivity contribution in [3.05, 3.63) is 59.7 Å². The van der Waals surface area contributed by atoms with Gasteiger partial charge in [0.25, 0.3) is 0 Å². The minimum absolute atomic E-state index is 0.714. The molecule has 0 radical (unpaired) electrons. The molecule has 0 saturated carbocycles. The molecule has 1 heteroatoms. The molecule has 106 valence electrons. The first-order valence-electron chi connectivity index (χ1n) is 7.72. The van der Waals surface area contributed by atoms with Gasteiger partial charge in [-0.25, -0.2) is 0 Å². The summed E-state index contributed by atoms with van der Waals surface area (Å²) in [5.41, 5.74) is 10.9. The van der Waals surface area contributed by atoms with Gasteiger partial charge in [-0.1, -0.05) is 68.3 Å². The highest BCUT2D eigenvalue weighted by Crippen LogP contribution is 2.21. The summed E-state index contributed by atoms with van der Waals surface area (Å²) >= 11 is 0. The lowest BCUT2D eigenvalue weighted by Crippen LogP contribution is -2.02. The Kier molecular flexibility index (Phi) is 5.82. The molecule has 0 bridgehead atoms. The van der Waals surface area contributed by atoms with Crippen molar-refractivity contribution in [2.24, 2.45) is 5.73 Å². The maximum absolute atomic E-state index is 5.58. The molecule has 0 aliphatic rings. The molecule has 20 heavy (non-hydrogen) atoms. The minimum atomic E-state index is 0.714. The third-order valence-electron chi connectivity index (χ3n) is 3.74. The van der Waals surface area contributed by atoms with Gasteiger partial charge in [0.2, 0.25) is 0 Å². The van der Waals surface area contributed by atoms with Crippen molar-refractivity contribution < 1.29 is 0 Å². The van der Waals surface area contributed by atoms with Gasteiger partial charge in [0.1, 0.15) is 0 Å². The largest absolute Gasteiger partial charge is 0.330 e. The first-order valence-corrected chi connectivity index (χ1v) is 7.72. The maximum atomic E-state index is 5.58. The van der Waals surface area contributed by atoms with Crippen LogP contribution < -0.4 is 5.73 Å². The standard InChI is InChI=1S/C19H25N/c1-2-3-4-5-16-6-10-18(11-7-16)19-12-8-17(9-13-19)14-15-20/h6-13H,2-5,14-15,20H2,1H3. The van der Waals surface area contributed by atoms with Gasteiger partial charge < -0.3 is 5.73 Å². The third kappa shape index (κ3) is 4.21. The van der Waals surface area contributed by atoms with Crippen molar-refractivity contribution in [3.8, 4) is 11.1 Å². The summed E-state index contributed by atoms with van der Waals surface area (Å²) in [6.07, 6.45) is 6.06. The molecule has 2 N–H and O–H groups in total. The lowest BCUT2D eigenvalue weighted by Gasteiger charge is -2.06. The first kappa shape index (κ1) is 14.8. The maximum Gasteiger partial charge on any atom is -0.00367 e. The molecule has 2 rings (SSSR count). The van der Waals surface area contributed by atoms with E-state index >= 15 is 0 Å². The number of aryl methyl sites for hydroxylation is 1. The van der Waals surface area contributed by atoms with Crippen molar-refractivity contribution in [1.29, 1.82) is 0 Å². The third-order valence-corrected chi connectivity index (χ3v) is 3.74. The molecule has 0 aromatic heterocycles.